The van der Waals surface area contributed by atoms with Crippen molar-refractivity contribution in [3.63, 3.8) is 0 Å². The molecule has 0 aromatic carbocycles. The van der Waals surface area contributed by atoms with Gasteiger partial charge in [-0.05, 0) is 19.3 Å². The van der Waals surface area contributed by atoms with Crippen LogP contribution in [0.5, 0.6) is 0 Å². The van der Waals surface area contributed by atoms with E-state index in [1.807, 2.05) is 17.8 Å². The van der Waals surface area contributed by atoms with Crippen LogP contribution >= 0.6 is 0 Å². The molecule has 2 rings (SSSR count). The third-order valence-electron chi connectivity index (χ3n) is 2.29. The molecule has 0 radical (unpaired) electrons. The molecule has 1 heterocycles. The van der Waals surface area contributed by atoms with Crippen molar-refractivity contribution in [2.75, 3.05) is 0 Å². The van der Waals surface area contributed by atoms with Gasteiger partial charge in [0.2, 0.25) is 0 Å². The average molecular weight is 179 g/mol. The number of imidazole rings is 1. The molecule has 4 heteroatoms. The summed E-state index contributed by atoms with van der Waals surface area (Å²) < 4.78 is 1.90. The van der Waals surface area contributed by atoms with Crippen LogP contribution < -0.4 is 0 Å². The zero-order valence-corrected chi connectivity index (χ0v) is 7.68. The molecule has 4 nitrogen and oxygen atoms in total. The minimum atomic E-state index is 0.344. The van der Waals surface area contributed by atoms with Gasteiger partial charge in [-0.2, -0.15) is 0 Å². The van der Waals surface area contributed by atoms with Crippen molar-refractivity contribution in [2.45, 2.75) is 25.4 Å². The lowest BCUT2D eigenvalue weighted by Gasteiger charge is -2.22. The van der Waals surface area contributed by atoms with E-state index in [9.17, 15) is 0 Å². The fraction of sp³-hybridized carbons (Fsp3) is 0.556. The lowest BCUT2D eigenvalue weighted by molar-refractivity contribution is 0.00692. The van der Waals surface area contributed by atoms with Gasteiger partial charge >= 0.3 is 0 Å². The second-order valence-corrected chi connectivity index (χ2v) is 3.29. The van der Waals surface area contributed by atoms with Gasteiger partial charge in [0.15, 0.2) is 5.82 Å². The third kappa shape index (κ3) is 1.88. The standard InChI is InChI=1S/C9H13N3O/c1-12-6-5-10-9(12)7-11-13-8-3-2-4-8/h5-8H,2-4H2,1H3/b11-7+. The maximum Gasteiger partial charge on any atom is 0.154 e. The van der Waals surface area contributed by atoms with Gasteiger partial charge in [0, 0.05) is 19.4 Å². The zero-order valence-electron chi connectivity index (χ0n) is 7.68. The van der Waals surface area contributed by atoms with E-state index in [4.69, 9.17) is 4.84 Å². The number of aromatic nitrogens is 2. The van der Waals surface area contributed by atoms with Gasteiger partial charge in [-0.1, -0.05) is 5.16 Å². The first kappa shape index (κ1) is 8.29. The Hall–Kier alpha value is -1.32. The van der Waals surface area contributed by atoms with Gasteiger partial charge in [0.1, 0.15) is 12.3 Å². The van der Waals surface area contributed by atoms with Crippen molar-refractivity contribution in [2.24, 2.45) is 12.2 Å². The number of aryl methyl sites for hydroxylation is 1. The second-order valence-electron chi connectivity index (χ2n) is 3.29. The van der Waals surface area contributed by atoms with Gasteiger partial charge < -0.3 is 9.40 Å². The monoisotopic (exact) mass is 179 g/mol. The van der Waals surface area contributed by atoms with Crippen LogP contribution in [-0.2, 0) is 11.9 Å². The summed E-state index contributed by atoms with van der Waals surface area (Å²) in [6.45, 7) is 0. The Balaban J connectivity index is 1.86. The highest BCUT2D eigenvalue weighted by Gasteiger charge is 2.18. The summed E-state index contributed by atoms with van der Waals surface area (Å²) in [5.41, 5.74) is 0. The minimum absolute atomic E-state index is 0.344. The fourth-order valence-electron chi connectivity index (χ4n) is 1.14. The molecule has 70 valence electrons. The average Bonchev–Trinajstić information content (AvgIpc) is 2.42. The predicted octanol–water partition coefficient (Wildman–Crippen LogP) is 1.32. The van der Waals surface area contributed by atoms with Crippen LogP contribution in [0.25, 0.3) is 0 Å². The number of rotatable bonds is 3. The molecule has 1 aliphatic rings. The Morgan fingerprint density at radius 3 is 3.08 bits per heavy atom. The third-order valence-corrected chi connectivity index (χ3v) is 2.29. The van der Waals surface area contributed by atoms with Crippen LogP contribution in [-0.4, -0.2) is 21.9 Å². The zero-order chi connectivity index (χ0) is 9.10. The number of hydrogen-bond acceptors (Lipinski definition) is 3. The van der Waals surface area contributed by atoms with Crippen LogP contribution in [0, 0.1) is 0 Å². The Morgan fingerprint density at radius 2 is 2.54 bits per heavy atom. The second kappa shape index (κ2) is 3.60. The molecular formula is C9H13N3O. The molecule has 1 aliphatic carbocycles. The van der Waals surface area contributed by atoms with Gasteiger partial charge in [0.25, 0.3) is 0 Å². The summed E-state index contributed by atoms with van der Waals surface area (Å²) >= 11 is 0. The summed E-state index contributed by atoms with van der Waals surface area (Å²) in [5, 5.41) is 3.89. The Bertz CT molecular complexity index is 302. The number of oxime groups is 1. The quantitative estimate of drug-likeness (QED) is 0.518. The van der Waals surface area contributed by atoms with Gasteiger partial charge in [-0.25, -0.2) is 4.98 Å². The van der Waals surface area contributed by atoms with E-state index in [1.54, 1.807) is 12.4 Å². The summed E-state index contributed by atoms with van der Waals surface area (Å²) in [6.07, 6.45) is 9.16. The Kier molecular flexibility index (Phi) is 2.29. The van der Waals surface area contributed by atoms with Crippen molar-refractivity contribution >= 4 is 6.21 Å². The summed E-state index contributed by atoms with van der Waals surface area (Å²) in [6, 6.07) is 0. The molecule has 0 unspecified atom stereocenters. The molecule has 0 atom stereocenters. The molecule has 1 aromatic rings. The Labute approximate surface area is 77.2 Å². The molecule has 1 fully saturated rings. The van der Waals surface area contributed by atoms with E-state index < -0.39 is 0 Å². The van der Waals surface area contributed by atoms with Crippen molar-refractivity contribution in [1.82, 2.24) is 9.55 Å². The van der Waals surface area contributed by atoms with E-state index in [1.165, 1.54) is 6.42 Å². The van der Waals surface area contributed by atoms with E-state index in [-0.39, 0.29) is 0 Å². The molecule has 0 saturated heterocycles. The molecule has 13 heavy (non-hydrogen) atoms. The fourth-order valence-corrected chi connectivity index (χ4v) is 1.14. The highest BCUT2D eigenvalue weighted by atomic mass is 16.6. The Morgan fingerprint density at radius 1 is 1.69 bits per heavy atom. The van der Waals surface area contributed by atoms with Crippen molar-refractivity contribution in [3.8, 4) is 0 Å². The molecule has 0 N–H and O–H groups in total. The van der Waals surface area contributed by atoms with E-state index in [0.717, 1.165) is 18.7 Å². The van der Waals surface area contributed by atoms with Crippen LogP contribution in [0.4, 0.5) is 0 Å². The van der Waals surface area contributed by atoms with Crippen LogP contribution in [0.1, 0.15) is 25.1 Å². The SMILES string of the molecule is Cn1ccnc1/C=N/OC1CCC1. The number of hydrogen-bond donors (Lipinski definition) is 0. The highest BCUT2D eigenvalue weighted by molar-refractivity contribution is 5.74. The molecular weight excluding hydrogens is 166 g/mol. The van der Waals surface area contributed by atoms with E-state index in [2.05, 4.69) is 10.1 Å². The van der Waals surface area contributed by atoms with E-state index in [0.29, 0.717) is 6.10 Å². The first-order valence-corrected chi connectivity index (χ1v) is 4.53. The smallest absolute Gasteiger partial charge is 0.154 e. The lowest BCUT2D eigenvalue weighted by Crippen LogP contribution is -2.19. The first-order chi connectivity index (χ1) is 6.36. The topological polar surface area (TPSA) is 39.4 Å². The van der Waals surface area contributed by atoms with Crippen LogP contribution in [0.3, 0.4) is 0 Å². The largest absolute Gasteiger partial charge is 0.392 e. The van der Waals surface area contributed by atoms with Gasteiger partial charge in [-0.15, -0.1) is 0 Å². The van der Waals surface area contributed by atoms with Gasteiger partial charge in [-0.3, -0.25) is 0 Å². The normalized spacial score (nSPS) is 17.6. The number of nitrogens with zero attached hydrogens (tertiary/aromatic N) is 3. The van der Waals surface area contributed by atoms with Crippen molar-refractivity contribution < 1.29 is 4.84 Å². The lowest BCUT2D eigenvalue weighted by atomic mass is 9.97. The molecule has 0 aliphatic heterocycles. The maximum absolute atomic E-state index is 5.22. The molecule has 1 aromatic heterocycles. The van der Waals surface area contributed by atoms with E-state index >= 15 is 0 Å². The summed E-state index contributed by atoms with van der Waals surface area (Å²) in [7, 11) is 1.93. The van der Waals surface area contributed by atoms with Crippen LogP contribution in [0.2, 0.25) is 0 Å². The van der Waals surface area contributed by atoms with Crippen molar-refractivity contribution in [3.05, 3.63) is 18.2 Å². The summed E-state index contributed by atoms with van der Waals surface area (Å²) in [4.78, 5) is 9.31. The first-order valence-electron chi connectivity index (χ1n) is 4.53. The maximum atomic E-state index is 5.22. The highest BCUT2D eigenvalue weighted by Crippen LogP contribution is 2.21. The predicted molar refractivity (Wildman–Crippen MR) is 49.5 cm³/mol. The minimum Gasteiger partial charge on any atom is -0.392 e. The molecule has 1 saturated carbocycles. The summed E-state index contributed by atoms with van der Waals surface area (Å²) in [5.74, 6) is 0.819. The molecule has 0 spiro atoms. The molecule has 0 bridgehead atoms. The van der Waals surface area contributed by atoms with Gasteiger partial charge in [0.05, 0.1) is 0 Å². The van der Waals surface area contributed by atoms with Crippen molar-refractivity contribution in [1.29, 1.82) is 0 Å². The van der Waals surface area contributed by atoms with Crippen LogP contribution in [0.15, 0.2) is 17.5 Å². The molecule has 0 amide bonds.